The number of hydrogen-bond donors (Lipinski definition) is 6. The number of aliphatic hydroxyl groups excluding tert-OH is 5. The van der Waals surface area contributed by atoms with Gasteiger partial charge in [0.15, 0.2) is 6.29 Å². The van der Waals surface area contributed by atoms with Crippen LogP contribution in [0.1, 0.15) is 15.9 Å². The smallest absolute Gasteiger partial charge is 0.254 e. The maximum absolute atomic E-state index is 13.6. The van der Waals surface area contributed by atoms with E-state index in [2.05, 4.69) is 11.4 Å². The van der Waals surface area contributed by atoms with E-state index in [4.69, 9.17) is 9.47 Å². The largest absolute Gasteiger partial charge is 0.497 e. The molecule has 3 aromatic carbocycles. The number of benzene rings is 3. The Hall–Kier alpha value is -3.51. The van der Waals surface area contributed by atoms with Crippen LogP contribution in [-0.2, 0) is 11.3 Å². The predicted molar refractivity (Wildman–Crippen MR) is 139 cm³/mol. The Balaban J connectivity index is 1.52. The van der Waals surface area contributed by atoms with E-state index < -0.39 is 49.3 Å². The van der Waals surface area contributed by atoms with Crippen molar-refractivity contribution < 1.29 is 39.8 Å². The molecule has 1 amide bonds. The van der Waals surface area contributed by atoms with Crippen LogP contribution in [0.2, 0.25) is 0 Å². The number of rotatable bonds is 7. The minimum Gasteiger partial charge on any atom is -0.497 e. The monoisotopic (exact) mass is 522 g/mol. The van der Waals surface area contributed by atoms with E-state index >= 15 is 0 Å². The second-order valence-corrected chi connectivity index (χ2v) is 9.53. The third-order valence-electron chi connectivity index (χ3n) is 7.26. The fraction of sp³-hybridized carbons (Fsp3) is 0.321. The van der Waals surface area contributed by atoms with Crippen LogP contribution in [-0.4, -0.2) is 86.5 Å². The third kappa shape index (κ3) is 4.41. The lowest BCUT2D eigenvalue weighted by Crippen LogP contribution is -2.74. The summed E-state index contributed by atoms with van der Waals surface area (Å²) in [6, 6.07) is 19.5. The molecular weight excluding hydrogens is 492 g/mol. The lowest BCUT2D eigenvalue weighted by molar-refractivity contribution is -0.288. The average molecular weight is 523 g/mol. The molecule has 2 heterocycles. The third-order valence-corrected chi connectivity index (χ3v) is 7.26. The van der Waals surface area contributed by atoms with Crippen LogP contribution < -0.4 is 10.1 Å². The lowest BCUT2D eigenvalue weighted by atomic mass is 9.83. The normalized spacial score (nSPS) is 25.5. The quantitative estimate of drug-likeness (QED) is 0.208. The summed E-state index contributed by atoms with van der Waals surface area (Å²) in [5, 5.41) is 56.4. The molecule has 0 saturated carbocycles. The Bertz CT molecular complexity index is 1470. The molecule has 38 heavy (non-hydrogen) atoms. The fourth-order valence-corrected chi connectivity index (χ4v) is 5.05. The zero-order valence-corrected chi connectivity index (χ0v) is 20.7. The van der Waals surface area contributed by atoms with Crippen molar-refractivity contribution in [3.05, 3.63) is 78.0 Å². The Morgan fingerprint density at radius 1 is 1.05 bits per heavy atom. The van der Waals surface area contributed by atoms with Crippen LogP contribution in [0.5, 0.6) is 5.75 Å². The molecule has 10 nitrogen and oxygen atoms in total. The Labute approximate surface area is 218 Å². The molecule has 0 aliphatic carbocycles. The van der Waals surface area contributed by atoms with Crippen molar-refractivity contribution in [2.75, 3.05) is 20.3 Å². The number of nitrogens with zero attached hydrogens (tertiary/aromatic N) is 1. The van der Waals surface area contributed by atoms with Crippen molar-refractivity contribution >= 4 is 27.6 Å². The molecule has 0 bridgehead atoms. The number of aromatic nitrogens is 1. The van der Waals surface area contributed by atoms with Crippen molar-refractivity contribution in [1.82, 2.24) is 9.88 Å². The number of aliphatic hydroxyl groups is 5. The number of hydrogen-bond acceptors (Lipinski definition) is 8. The number of carbonyl (C=O) groups excluding carboxylic acids is 1. The van der Waals surface area contributed by atoms with E-state index in [-0.39, 0.29) is 5.56 Å². The molecule has 4 aromatic rings. The zero-order valence-electron chi connectivity index (χ0n) is 20.7. The topological polar surface area (TPSA) is 154 Å². The highest BCUT2D eigenvalue weighted by Crippen LogP contribution is 2.32. The van der Waals surface area contributed by atoms with E-state index in [1.54, 1.807) is 18.3 Å². The second kappa shape index (κ2) is 10.3. The van der Waals surface area contributed by atoms with Gasteiger partial charge in [-0.25, -0.2) is 0 Å². The Kier molecular flexibility index (Phi) is 7.10. The van der Waals surface area contributed by atoms with Crippen LogP contribution in [0, 0.1) is 0 Å². The second-order valence-electron chi connectivity index (χ2n) is 9.53. The van der Waals surface area contributed by atoms with Crippen LogP contribution in [0.4, 0.5) is 0 Å². The van der Waals surface area contributed by atoms with Crippen LogP contribution in [0.3, 0.4) is 0 Å². The van der Waals surface area contributed by atoms with Gasteiger partial charge in [0.25, 0.3) is 5.91 Å². The SMILES string of the molecule is COc1ccc2c(c1)c(C(=O)N[C@@]1(CO)C(O)O[C@H](CO)[C@@H](O)[C@@H]1O)cn2Cc1ccc2ccccc2c1. The lowest BCUT2D eigenvalue weighted by Gasteiger charge is -2.48. The van der Waals surface area contributed by atoms with Gasteiger partial charge in [0.1, 0.15) is 29.6 Å². The number of amides is 1. The van der Waals surface area contributed by atoms with Gasteiger partial charge in [-0.15, -0.1) is 0 Å². The number of methoxy groups -OCH3 is 1. The molecule has 200 valence electrons. The van der Waals surface area contributed by atoms with Crippen molar-refractivity contribution in [3.8, 4) is 5.75 Å². The number of fused-ring (bicyclic) bond motifs is 2. The van der Waals surface area contributed by atoms with Gasteiger partial charge in [-0.05, 0) is 40.6 Å². The number of ether oxygens (including phenoxy) is 2. The molecule has 10 heteroatoms. The summed E-state index contributed by atoms with van der Waals surface area (Å²) in [6.45, 7) is -1.15. The van der Waals surface area contributed by atoms with Crippen LogP contribution in [0.25, 0.3) is 21.7 Å². The summed E-state index contributed by atoms with van der Waals surface area (Å²) >= 11 is 0. The molecular formula is C28H30N2O8. The standard InChI is InChI=1S/C28H30N2O8/c1-37-19-8-9-22-20(11-19)21(13-30(22)12-16-6-7-17-4-2-3-5-18(17)10-16)26(35)29-28(15-32)25(34)24(33)23(14-31)38-27(28)36/h2-11,13,23-25,27,31-34,36H,12,14-15H2,1H3,(H,29,35)/t23-,24-,25+,27?,28-/m1/s1. The van der Waals surface area contributed by atoms with Crippen molar-refractivity contribution in [1.29, 1.82) is 0 Å². The maximum atomic E-state index is 13.6. The summed E-state index contributed by atoms with van der Waals surface area (Å²) in [5.41, 5.74) is -0.178. The molecule has 5 rings (SSSR count). The summed E-state index contributed by atoms with van der Waals surface area (Å²) in [7, 11) is 1.51. The van der Waals surface area contributed by atoms with Gasteiger partial charge in [-0.2, -0.15) is 0 Å². The van der Waals surface area contributed by atoms with Gasteiger partial charge in [-0.3, -0.25) is 4.79 Å². The van der Waals surface area contributed by atoms with E-state index in [1.807, 2.05) is 47.0 Å². The zero-order chi connectivity index (χ0) is 27.0. The molecule has 1 saturated heterocycles. The molecule has 6 N–H and O–H groups in total. The minimum absolute atomic E-state index is 0.200. The molecule has 1 unspecified atom stereocenters. The first-order chi connectivity index (χ1) is 18.3. The summed E-state index contributed by atoms with van der Waals surface area (Å²) < 4.78 is 12.5. The fourth-order valence-electron chi connectivity index (χ4n) is 5.05. The summed E-state index contributed by atoms with van der Waals surface area (Å²) in [6.07, 6.45) is -5.02. The number of carbonyl (C=O) groups is 1. The highest BCUT2D eigenvalue weighted by atomic mass is 16.6. The van der Waals surface area contributed by atoms with E-state index in [9.17, 15) is 30.3 Å². The molecule has 1 fully saturated rings. The first-order valence-electron chi connectivity index (χ1n) is 12.2. The Morgan fingerprint density at radius 2 is 1.82 bits per heavy atom. The predicted octanol–water partition coefficient (Wildman–Crippen LogP) is 0.744. The van der Waals surface area contributed by atoms with E-state index in [0.717, 1.165) is 21.9 Å². The van der Waals surface area contributed by atoms with Crippen molar-refractivity contribution in [3.63, 3.8) is 0 Å². The first kappa shape index (κ1) is 26.1. The van der Waals surface area contributed by atoms with Crippen molar-refractivity contribution in [2.24, 2.45) is 0 Å². The molecule has 0 spiro atoms. The Morgan fingerprint density at radius 3 is 2.53 bits per heavy atom. The average Bonchev–Trinajstić information content (AvgIpc) is 3.30. The van der Waals surface area contributed by atoms with Gasteiger partial charge in [0.2, 0.25) is 0 Å². The van der Waals surface area contributed by atoms with Gasteiger partial charge in [-0.1, -0.05) is 36.4 Å². The molecule has 5 atom stereocenters. The first-order valence-corrected chi connectivity index (χ1v) is 12.2. The molecule has 0 radical (unpaired) electrons. The van der Waals surface area contributed by atoms with Crippen LogP contribution in [0.15, 0.2) is 66.9 Å². The van der Waals surface area contributed by atoms with Gasteiger partial charge < -0.3 is 44.9 Å². The van der Waals surface area contributed by atoms with Crippen molar-refractivity contribution in [2.45, 2.75) is 36.7 Å². The molecule has 1 aromatic heterocycles. The van der Waals surface area contributed by atoms with E-state index in [1.165, 1.54) is 7.11 Å². The minimum atomic E-state index is -2.13. The van der Waals surface area contributed by atoms with Gasteiger partial charge in [0, 0.05) is 23.6 Å². The summed E-state index contributed by atoms with van der Waals surface area (Å²) in [5.74, 6) is -0.194. The maximum Gasteiger partial charge on any atom is 0.254 e. The van der Waals surface area contributed by atoms with Crippen LogP contribution >= 0.6 is 0 Å². The molecule has 1 aliphatic heterocycles. The van der Waals surface area contributed by atoms with Gasteiger partial charge in [0.05, 0.1) is 25.9 Å². The van der Waals surface area contributed by atoms with Gasteiger partial charge >= 0.3 is 0 Å². The highest BCUT2D eigenvalue weighted by molar-refractivity contribution is 6.07. The highest BCUT2D eigenvalue weighted by Gasteiger charge is 2.56. The summed E-state index contributed by atoms with van der Waals surface area (Å²) in [4.78, 5) is 13.6. The number of nitrogens with one attached hydrogen (secondary N) is 1. The van der Waals surface area contributed by atoms with E-state index in [0.29, 0.717) is 17.7 Å². The molecule has 1 aliphatic rings.